The Morgan fingerprint density at radius 3 is 2.23 bits per heavy atom. The summed E-state index contributed by atoms with van der Waals surface area (Å²) in [6.45, 7) is 11.4. The van der Waals surface area contributed by atoms with Crippen molar-refractivity contribution in [2.24, 2.45) is 0 Å². The fourth-order valence-corrected chi connectivity index (χ4v) is 0.933. The summed E-state index contributed by atoms with van der Waals surface area (Å²) < 4.78 is 0. The van der Waals surface area contributed by atoms with Gasteiger partial charge in [-0.15, -0.1) is 0 Å². The molecule has 0 aliphatic heterocycles. The van der Waals surface area contributed by atoms with Gasteiger partial charge in [0.25, 0.3) is 0 Å². The summed E-state index contributed by atoms with van der Waals surface area (Å²) in [6.07, 6.45) is 11.6. The van der Waals surface area contributed by atoms with Crippen LogP contribution < -0.4 is 0 Å². The van der Waals surface area contributed by atoms with Gasteiger partial charge in [-0.3, -0.25) is 0 Å². The monoisotopic (exact) mass is 171 g/mol. The number of rotatable bonds is 5. The molecule has 0 fully saturated rings. The summed E-state index contributed by atoms with van der Waals surface area (Å²) in [5.41, 5.74) is 2.25. The van der Waals surface area contributed by atoms with E-state index in [2.05, 4.69) is 20.4 Å². The molecule has 0 aliphatic carbocycles. The average Bonchev–Trinajstić information content (AvgIpc) is 2.14. The maximum atomic E-state index is 3.73. The molecule has 13 heavy (non-hydrogen) atoms. The SMILES string of the molecule is C=C/C=C([B]/C(C=C)=C/C)\C=C/C. The van der Waals surface area contributed by atoms with Crippen LogP contribution in [0.15, 0.2) is 60.6 Å². The molecule has 0 unspecified atom stereocenters. The van der Waals surface area contributed by atoms with Gasteiger partial charge in [0.1, 0.15) is 0 Å². The van der Waals surface area contributed by atoms with Gasteiger partial charge < -0.3 is 0 Å². The Bertz CT molecular complexity index is 254. The first-order chi connectivity index (χ1) is 6.28. The van der Waals surface area contributed by atoms with Crippen LogP contribution in [0.4, 0.5) is 0 Å². The van der Waals surface area contributed by atoms with E-state index in [1.807, 2.05) is 44.2 Å². The Kier molecular flexibility index (Phi) is 6.71. The largest absolute Gasteiger partial charge is 0.190 e. The predicted octanol–water partition coefficient (Wildman–Crippen LogP) is 3.43. The summed E-state index contributed by atoms with van der Waals surface area (Å²) in [7, 11) is 2.06. The van der Waals surface area contributed by atoms with E-state index in [-0.39, 0.29) is 0 Å². The summed E-state index contributed by atoms with van der Waals surface area (Å²) in [6, 6.07) is 0. The van der Waals surface area contributed by atoms with Crippen LogP contribution in [0.2, 0.25) is 0 Å². The van der Waals surface area contributed by atoms with Crippen molar-refractivity contribution in [2.75, 3.05) is 0 Å². The van der Waals surface area contributed by atoms with Crippen LogP contribution in [0.5, 0.6) is 0 Å². The van der Waals surface area contributed by atoms with Gasteiger partial charge in [0.2, 0.25) is 0 Å². The predicted molar refractivity (Wildman–Crippen MR) is 62.8 cm³/mol. The van der Waals surface area contributed by atoms with Crippen LogP contribution in [-0.2, 0) is 0 Å². The quantitative estimate of drug-likeness (QED) is 0.439. The lowest BCUT2D eigenvalue weighted by molar-refractivity contribution is 1.66. The second kappa shape index (κ2) is 7.42. The highest BCUT2D eigenvalue weighted by Crippen LogP contribution is 2.03. The van der Waals surface area contributed by atoms with Gasteiger partial charge in [-0.2, -0.15) is 0 Å². The molecule has 0 bridgehead atoms. The minimum Gasteiger partial charge on any atom is -0.0996 e. The molecular weight excluding hydrogens is 155 g/mol. The molecule has 0 saturated carbocycles. The molecule has 0 aliphatic rings. The third-order valence-electron chi connectivity index (χ3n) is 1.57. The first kappa shape index (κ1) is 11.8. The molecule has 1 radical (unpaired) electrons. The smallest absolute Gasteiger partial charge is 0.0996 e. The number of allylic oxidation sites excluding steroid dienone is 8. The molecule has 0 aromatic rings. The van der Waals surface area contributed by atoms with Crippen LogP contribution in [0.1, 0.15) is 13.8 Å². The Hall–Kier alpha value is -1.24. The van der Waals surface area contributed by atoms with Crippen molar-refractivity contribution in [3.63, 3.8) is 0 Å². The minimum absolute atomic E-state index is 1.12. The van der Waals surface area contributed by atoms with Gasteiger partial charge in [-0.25, -0.2) is 0 Å². The highest BCUT2D eigenvalue weighted by atomic mass is 13.8. The van der Waals surface area contributed by atoms with Crippen molar-refractivity contribution in [1.82, 2.24) is 0 Å². The van der Waals surface area contributed by atoms with E-state index in [1.165, 1.54) is 0 Å². The molecule has 0 amide bonds. The lowest BCUT2D eigenvalue weighted by atomic mass is 9.62. The zero-order chi connectivity index (χ0) is 10.1. The zero-order valence-electron chi connectivity index (χ0n) is 8.46. The van der Waals surface area contributed by atoms with Crippen molar-refractivity contribution < 1.29 is 0 Å². The third kappa shape index (κ3) is 5.08. The summed E-state index contributed by atoms with van der Waals surface area (Å²) >= 11 is 0. The molecule has 0 rings (SSSR count). The molecule has 0 atom stereocenters. The number of hydrogen-bond acceptors (Lipinski definition) is 0. The van der Waals surface area contributed by atoms with E-state index in [1.54, 1.807) is 6.08 Å². The first-order valence-electron chi connectivity index (χ1n) is 4.37. The molecule has 67 valence electrons. The topological polar surface area (TPSA) is 0 Å². The zero-order valence-corrected chi connectivity index (χ0v) is 8.46. The molecule has 0 saturated heterocycles. The molecule has 0 aromatic carbocycles. The lowest BCUT2D eigenvalue weighted by Crippen LogP contribution is -1.96. The highest BCUT2D eigenvalue weighted by molar-refractivity contribution is 6.55. The molecule has 0 heterocycles. The van der Waals surface area contributed by atoms with E-state index in [9.17, 15) is 0 Å². The number of hydrogen-bond donors (Lipinski definition) is 0. The van der Waals surface area contributed by atoms with Crippen LogP contribution in [0, 0.1) is 0 Å². The van der Waals surface area contributed by atoms with E-state index < -0.39 is 0 Å². The van der Waals surface area contributed by atoms with E-state index in [0.29, 0.717) is 0 Å². The second-order valence-electron chi connectivity index (χ2n) is 2.54. The van der Waals surface area contributed by atoms with Crippen molar-refractivity contribution in [1.29, 1.82) is 0 Å². The molecule has 0 spiro atoms. The standard InChI is InChI=1S/C12H16B/c1-5-9-12(10-6-2)13-11(7-3)8-4/h5-10H,1,3H2,2,4H3/b10-6-,11-8+,12-9+. The molecular formula is C12H16B. The van der Waals surface area contributed by atoms with Crippen molar-refractivity contribution in [3.05, 3.63) is 60.6 Å². The Morgan fingerprint density at radius 2 is 1.85 bits per heavy atom. The maximum absolute atomic E-state index is 3.73. The van der Waals surface area contributed by atoms with Crippen LogP contribution in [-0.4, -0.2) is 7.28 Å². The fraction of sp³-hybridized carbons (Fsp3) is 0.167. The summed E-state index contributed by atoms with van der Waals surface area (Å²) in [4.78, 5) is 0. The highest BCUT2D eigenvalue weighted by Gasteiger charge is 1.96. The van der Waals surface area contributed by atoms with Crippen LogP contribution >= 0.6 is 0 Å². The van der Waals surface area contributed by atoms with Gasteiger partial charge in [-0.1, -0.05) is 60.6 Å². The van der Waals surface area contributed by atoms with Crippen LogP contribution in [0.25, 0.3) is 0 Å². The fourth-order valence-electron chi connectivity index (χ4n) is 0.933. The van der Waals surface area contributed by atoms with Gasteiger partial charge >= 0.3 is 0 Å². The van der Waals surface area contributed by atoms with Gasteiger partial charge in [0.15, 0.2) is 7.28 Å². The van der Waals surface area contributed by atoms with E-state index in [4.69, 9.17) is 0 Å². The minimum atomic E-state index is 1.12. The van der Waals surface area contributed by atoms with Gasteiger partial charge in [0, 0.05) is 0 Å². The van der Waals surface area contributed by atoms with Gasteiger partial charge in [0.05, 0.1) is 0 Å². The van der Waals surface area contributed by atoms with E-state index in [0.717, 1.165) is 10.9 Å². The molecule has 0 nitrogen and oxygen atoms in total. The molecule has 0 aromatic heterocycles. The third-order valence-corrected chi connectivity index (χ3v) is 1.57. The first-order valence-corrected chi connectivity index (χ1v) is 4.37. The molecule has 0 N–H and O–H groups in total. The van der Waals surface area contributed by atoms with Crippen LogP contribution in [0.3, 0.4) is 0 Å². The average molecular weight is 171 g/mol. The summed E-state index contributed by atoms with van der Waals surface area (Å²) in [5, 5.41) is 0. The van der Waals surface area contributed by atoms with Crippen molar-refractivity contribution in [2.45, 2.75) is 13.8 Å². The van der Waals surface area contributed by atoms with Gasteiger partial charge in [-0.05, 0) is 13.8 Å². The Labute approximate surface area is 82.3 Å². The molecule has 1 heteroatoms. The second-order valence-corrected chi connectivity index (χ2v) is 2.54. The lowest BCUT2D eigenvalue weighted by Gasteiger charge is -1.99. The normalized spacial score (nSPS) is 13.1. The van der Waals surface area contributed by atoms with Crippen molar-refractivity contribution >= 4 is 7.28 Å². The maximum Gasteiger partial charge on any atom is 0.190 e. The van der Waals surface area contributed by atoms with E-state index >= 15 is 0 Å². The summed E-state index contributed by atoms with van der Waals surface area (Å²) in [5.74, 6) is 0. The van der Waals surface area contributed by atoms with Crippen molar-refractivity contribution in [3.8, 4) is 0 Å². The Balaban J connectivity index is 4.51. The Morgan fingerprint density at radius 1 is 1.15 bits per heavy atom.